The standard InChI is InChI=1S/C21H21ClF3N3O/c1-14-18(15(2)28(27-14)13-17-8-3-5-9-19(17)22)12-26-11-16-7-4-6-10-20(16)29-21(23,24)25/h3-10,26H,11-13H2,1-2H3. The van der Waals surface area contributed by atoms with E-state index in [1.165, 1.54) is 12.1 Å². The van der Waals surface area contributed by atoms with Gasteiger partial charge in [-0.3, -0.25) is 4.68 Å². The maximum atomic E-state index is 12.6. The molecule has 4 nitrogen and oxygen atoms in total. The van der Waals surface area contributed by atoms with E-state index >= 15 is 0 Å². The summed E-state index contributed by atoms with van der Waals surface area (Å²) in [4.78, 5) is 0. The second-order valence-electron chi connectivity index (χ2n) is 6.66. The van der Waals surface area contributed by atoms with Crippen LogP contribution in [0.1, 0.15) is 28.1 Å². The van der Waals surface area contributed by atoms with Crippen LogP contribution in [-0.2, 0) is 19.6 Å². The van der Waals surface area contributed by atoms with Gasteiger partial charge in [-0.2, -0.15) is 5.10 Å². The summed E-state index contributed by atoms with van der Waals surface area (Å²) >= 11 is 6.24. The number of nitrogens with zero attached hydrogens (tertiary/aromatic N) is 2. The maximum absolute atomic E-state index is 12.6. The van der Waals surface area contributed by atoms with E-state index in [0.717, 1.165) is 22.5 Å². The molecule has 8 heteroatoms. The molecule has 0 fully saturated rings. The van der Waals surface area contributed by atoms with Gasteiger partial charge in [-0.1, -0.05) is 48.0 Å². The summed E-state index contributed by atoms with van der Waals surface area (Å²) in [6, 6.07) is 13.7. The zero-order valence-electron chi connectivity index (χ0n) is 16.1. The third-order valence-corrected chi connectivity index (χ3v) is 4.99. The van der Waals surface area contributed by atoms with Crippen molar-refractivity contribution in [2.24, 2.45) is 0 Å². The van der Waals surface area contributed by atoms with Crippen LogP contribution in [0.5, 0.6) is 5.75 Å². The van der Waals surface area contributed by atoms with Gasteiger partial charge in [0.05, 0.1) is 12.2 Å². The molecule has 0 amide bonds. The third kappa shape index (κ3) is 5.52. The number of halogens is 4. The highest BCUT2D eigenvalue weighted by Gasteiger charge is 2.31. The minimum Gasteiger partial charge on any atom is -0.405 e. The number of aryl methyl sites for hydroxylation is 1. The Kier molecular flexibility index (Phi) is 6.49. The molecule has 29 heavy (non-hydrogen) atoms. The predicted octanol–water partition coefficient (Wildman–Crippen LogP) is 5.39. The Morgan fingerprint density at radius 1 is 1.00 bits per heavy atom. The van der Waals surface area contributed by atoms with Crippen molar-refractivity contribution < 1.29 is 17.9 Å². The van der Waals surface area contributed by atoms with E-state index in [9.17, 15) is 13.2 Å². The highest BCUT2D eigenvalue weighted by atomic mass is 35.5. The molecule has 2 aromatic carbocycles. The number of aromatic nitrogens is 2. The smallest absolute Gasteiger partial charge is 0.405 e. The lowest BCUT2D eigenvalue weighted by atomic mass is 10.1. The first-order chi connectivity index (χ1) is 13.7. The van der Waals surface area contributed by atoms with Crippen LogP contribution < -0.4 is 10.1 Å². The SMILES string of the molecule is Cc1nn(Cc2ccccc2Cl)c(C)c1CNCc1ccccc1OC(F)(F)F. The Hall–Kier alpha value is -2.51. The van der Waals surface area contributed by atoms with Crippen molar-refractivity contribution in [3.05, 3.63) is 81.6 Å². The van der Waals surface area contributed by atoms with Gasteiger partial charge in [0, 0.05) is 34.9 Å². The fourth-order valence-corrected chi connectivity index (χ4v) is 3.32. The Bertz CT molecular complexity index is 986. The number of rotatable bonds is 7. The van der Waals surface area contributed by atoms with Gasteiger partial charge in [-0.25, -0.2) is 0 Å². The molecule has 1 aromatic heterocycles. The molecule has 0 radical (unpaired) electrons. The molecule has 0 spiro atoms. The molecule has 0 atom stereocenters. The van der Waals surface area contributed by atoms with Gasteiger partial charge in [-0.05, 0) is 31.5 Å². The summed E-state index contributed by atoms with van der Waals surface area (Å²) in [5.41, 5.74) is 4.25. The molecular weight excluding hydrogens is 403 g/mol. The molecule has 0 bridgehead atoms. The molecule has 0 saturated heterocycles. The first kappa shape index (κ1) is 21.2. The largest absolute Gasteiger partial charge is 0.573 e. The lowest BCUT2D eigenvalue weighted by molar-refractivity contribution is -0.274. The first-order valence-corrected chi connectivity index (χ1v) is 9.43. The fourth-order valence-electron chi connectivity index (χ4n) is 3.13. The number of hydrogen-bond acceptors (Lipinski definition) is 3. The van der Waals surface area contributed by atoms with Crippen molar-refractivity contribution in [2.45, 2.75) is 39.8 Å². The van der Waals surface area contributed by atoms with Gasteiger partial charge >= 0.3 is 6.36 Å². The number of benzene rings is 2. The first-order valence-electron chi connectivity index (χ1n) is 9.05. The Morgan fingerprint density at radius 3 is 2.34 bits per heavy atom. The van der Waals surface area contributed by atoms with Gasteiger partial charge in [-0.15, -0.1) is 13.2 Å². The van der Waals surface area contributed by atoms with Crippen molar-refractivity contribution in [1.29, 1.82) is 0 Å². The molecule has 0 saturated carbocycles. The lowest BCUT2D eigenvalue weighted by Gasteiger charge is -2.13. The number of alkyl halides is 3. The maximum Gasteiger partial charge on any atom is 0.573 e. The predicted molar refractivity (Wildman–Crippen MR) is 106 cm³/mol. The summed E-state index contributed by atoms with van der Waals surface area (Å²) in [7, 11) is 0. The molecule has 0 aliphatic heterocycles. The Labute approximate surface area is 172 Å². The molecular formula is C21H21ClF3N3O. The summed E-state index contributed by atoms with van der Waals surface area (Å²) in [6.45, 7) is 5.14. The highest BCUT2D eigenvalue weighted by molar-refractivity contribution is 6.31. The van der Waals surface area contributed by atoms with Crippen LogP contribution in [0.4, 0.5) is 13.2 Å². The number of nitrogens with one attached hydrogen (secondary N) is 1. The average Bonchev–Trinajstić information content (AvgIpc) is 2.91. The fraction of sp³-hybridized carbons (Fsp3) is 0.286. The quantitative estimate of drug-likeness (QED) is 0.553. The molecule has 0 unspecified atom stereocenters. The Morgan fingerprint density at radius 2 is 1.66 bits per heavy atom. The zero-order chi connectivity index (χ0) is 21.0. The van der Waals surface area contributed by atoms with Crippen LogP contribution in [-0.4, -0.2) is 16.1 Å². The van der Waals surface area contributed by atoms with E-state index in [-0.39, 0.29) is 12.3 Å². The van der Waals surface area contributed by atoms with Crippen molar-refractivity contribution in [3.63, 3.8) is 0 Å². The molecule has 0 aliphatic rings. The number of ether oxygens (including phenoxy) is 1. The minimum absolute atomic E-state index is 0.199. The van der Waals surface area contributed by atoms with E-state index in [1.807, 2.05) is 42.8 Å². The third-order valence-electron chi connectivity index (χ3n) is 4.62. The lowest BCUT2D eigenvalue weighted by Crippen LogP contribution is -2.20. The topological polar surface area (TPSA) is 39.1 Å². The summed E-state index contributed by atoms with van der Waals surface area (Å²) < 4.78 is 43.7. The molecule has 3 aromatic rings. The molecule has 1 heterocycles. The molecule has 1 N–H and O–H groups in total. The molecule has 3 rings (SSSR count). The second kappa shape index (κ2) is 8.88. The van der Waals surface area contributed by atoms with E-state index < -0.39 is 6.36 Å². The average molecular weight is 424 g/mol. The zero-order valence-corrected chi connectivity index (χ0v) is 16.8. The summed E-state index contributed by atoms with van der Waals surface area (Å²) in [5, 5.41) is 8.45. The Balaban J connectivity index is 1.68. The van der Waals surface area contributed by atoms with E-state index in [1.54, 1.807) is 12.1 Å². The highest BCUT2D eigenvalue weighted by Crippen LogP contribution is 2.26. The van der Waals surface area contributed by atoms with Crippen LogP contribution in [0, 0.1) is 13.8 Å². The van der Waals surface area contributed by atoms with Gasteiger partial charge in [0.15, 0.2) is 0 Å². The molecule has 0 aliphatic carbocycles. The van der Waals surface area contributed by atoms with Gasteiger partial charge in [0.1, 0.15) is 5.75 Å². The van der Waals surface area contributed by atoms with Crippen molar-refractivity contribution in [1.82, 2.24) is 15.1 Å². The van der Waals surface area contributed by atoms with E-state index in [2.05, 4.69) is 15.2 Å². The normalized spacial score (nSPS) is 11.7. The van der Waals surface area contributed by atoms with Gasteiger partial charge < -0.3 is 10.1 Å². The minimum atomic E-state index is -4.72. The van der Waals surface area contributed by atoms with Crippen LogP contribution in [0.25, 0.3) is 0 Å². The summed E-state index contributed by atoms with van der Waals surface area (Å²) in [6.07, 6.45) is -4.72. The van der Waals surface area contributed by atoms with Crippen molar-refractivity contribution in [2.75, 3.05) is 0 Å². The van der Waals surface area contributed by atoms with Crippen LogP contribution in [0.3, 0.4) is 0 Å². The second-order valence-corrected chi connectivity index (χ2v) is 7.06. The van der Waals surface area contributed by atoms with Crippen molar-refractivity contribution in [3.8, 4) is 5.75 Å². The monoisotopic (exact) mass is 423 g/mol. The van der Waals surface area contributed by atoms with Crippen LogP contribution in [0.2, 0.25) is 5.02 Å². The van der Waals surface area contributed by atoms with Crippen LogP contribution in [0.15, 0.2) is 48.5 Å². The van der Waals surface area contributed by atoms with E-state index in [4.69, 9.17) is 11.6 Å². The number of para-hydroxylation sites is 1. The van der Waals surface area contributed by atoms with Crippen LogP contribution >= 0.6 is 11.6 Å². The molecule has 154 valence electrons. The summed E-state index contributed by atoms with van der Waals surface area (Å²) in [5.74, 6) is -0.199. The van der Waals surface area contributed by atoms with Gasteiger partial charge in [0.2, 0.25) is 0 Å². The van der Waals surface area contributed by atoms with Crippen molar-refractivity contribution >= 4 is 11.6 Å². The van der Waals surface area contributed by atoms with E-state index in [0.29, 0.717) is 23.7 Å². The number of hydrogen-bond donors (Lipinski definition) is 1. The van der Waals surface area contributed by atoms with Gasteiger partial charge in [0.25, 0.3) is 0 Å².